The fourth-order valence-electron chi connectivity index (χ4n) is 2.08. The molecule has 0 aliphatic carbocycles. The Bertz CT molecular complexity index is 369. The van der Waals surface area contributed by atoms with E-state index in [2.05, 4.69) is 57.4 Å². The molecule has 2 heteroatoms. The van der Waals surface area contributed by atoms with Gasteiger partial charge in [0, 0.05) is 18.6 Å². The SMILES string of the molecule is CNC(CNC(C)C)c1cc(C)c(C)cc1C. The second kappa shape index (κ2) is 6.18. The molecule has 0 radical (unpaired) electrons. The third kappa shape index (κ3) is 3.83. The van der Waals surface area contributed by atoms with Gasteiger partial charge in [-0.15, -0.1) is 0 Å². The van der Waals surface area contributed by atoms with Crippen LogP contribution in [0.25, 0.3) is 0 Å². The lowest BCUT2D eigenvalue weighted by Crippen LogP contribution is -2.33. The highest BCUT2D eigenvalue weighted by atomic mass is 15.0. The Labute approximate surface area is 106 Å². The zero-order valence-electron chi connectivity index (χ0n) is 12.0. The molecule has 0 spiro atoms. The Morgan fingerprint density at radius 2 is 1.59 bits per heavy atom. The van der Waals surface area contributed by atoms with Gasteiger partial charge in [-0.3, -0.25) is 0 Å². The molecule has 17 heavy (non-hydrogen) atoms. The van der Waals surface area contributed by atoms with Gasteiger partial charge in [-0.05, 0) is 50.1 Å². The van der Waals surface area contributed by atoms with Crippen molar-refractivity contribution >= 4 is 0 Å². The summed E-state index contributed by atoms with van der Waals surface area (Å²) >= 11 is 0. The molecule has 0 bridgehead atoms. The van der Waals surface area contributed by atoms with Crippen LogP contribution in [0.2, 0.25) is 0 Å². The minimum atomic E-state index is 0.386. The van der Waals surface area contributed by atoms with Gasteiger partial charge in [-0.1, -0.05) is 26.0 Å². The maximum atomic E-state index is 3.49. The number of benzene rings is 1. The molecule has 0 heterocycles. The molecule has 2 N–H and O–H groups in total. The van der Waals surface area contributed by atoms with Crippen molar-refractivity contribution in [3.05, 3.63) is 34.4 Å². The highest BCUT2D eigenvalue weighted by Crippen LogP contribution is 2.21. The van der Waals surface area contributed by atoms with Gasteiger partial charge >= 0.3 is 0 Å². The molecule has 0 aliphatic heterocycles. The molecular formula is C15H26N2. The van der Waals surface area contributed by atoms with Crippen LogP contribution in [0.4, 0.5) is 0 Å². The molecule has 0 aromatic heterocycles. The summed E-state index contributed by atoms with van der Waals surface area (Å²) in [6, 6.07) is 5.51. The lowest BCUT2D eigenvalue weighted by Gasteiger charge is -2.22. The monoisotopic (exact) mass is 234 g/mol. The summed E-state index contributed by atoms with van der Waals surface area (Å²) in [6.07, 6.45) is 0. The summed E-state index contributed by atoms with van der Waals surface area (Å²) in [4.78, 5) is 0. The van der Waals surface area contributed by atoms with Crippen LogP contribution in [0, 0.1) is 20.8 Å². The third-order valence-electron chi connectivity index (χ3n) is 3.34. The maximum Gasteiger partial charge on any atom is 0.0447 e. The summed E-state index contributed by atoms with van der Waals surface area (Å²) in [5.41, 5.74) is 5.52. The van der Waals surface area contributed by atoms with E-state index < -0.39 is 0 Å². The Hall–Kier alpha value is -0.860. The van der Waals surface area contributed by atoms with E-state index in [4.69, 9.17) is 0 Å². The van der Waals surface area contributed by atoms with Crippen LogP contribution >= 0.6 is 0 Å². The first-order valence-corrected chi connectivity index (χ1v) is 6.44. The molecule has 1 unspecified atom stereocenters. The van der Waals surface area contributed by atoms with Gasteiger partial charge < -0.3 is 10.6 Å². The van der Waals surface area contributed by atoms with Crippen LogP contribution in [-0.4, -0.2) is 19.6 Å². The summed E-state index contributed by atoms with van der Waals surface area (Å²) in [6.45, 7) is 11.9. The van der Waals surface area contributed by atoms with Gasteiger partial charge in [0.2, 0.25) is 0 Å². The number of likely N-dealkylation sites (N-methyl/N-ethyl adjacent to an activating group) is 1. The minimum absolute atomic E-state index is 0.386. The highest BCUT2D eigenvalue weighted by Gasteiger charge is 2.13. The molecular weight excluding hydrogens is 208 g/mol. The van der Waals surface area contributed by atoms with Gasteiger partial charge in [0.05, 0.1) is 0 Å². The number of rotatable bonds is 5. The van der Waals surface area contributed by atoms with E-state index in [1.165, 1.54) is 22.3 Å². The lowest BCUT2D eigenvalue weighted by molar-refractivity contribution is 0.490. The molecule has 96 valence electrons. The normalized spacial score (nSPS) is 13.1. The first-order valence-electron chi connectivity index (χ1n) is 6.44. The molecule has 1 aromatic rings. The molecule has 1 rings (SSSR count). The Kier molecular flexibility index (Phi) is 5.16. The standard InChI is InChI=1S/C15H26N2/c1-10(2)17-9-15(16-6)14-8-12(4)11(3)7-13(14)5/h7-8,10,15-17H,9H2,1-6H3. The topological polar surface area (TPSA) is 24.1 Å². The summed E-state index contributed by atoms with van der Waals surface area (Å²) in [5, 5.41) is 6.89. The molecule has 0 saturated carbocycles. The Morgan fingerprint density at radius 1 is 1.00 bits per heavy atom. The Morgan fingerprint density at radius 3 is 2.12 bits per heavy atom. The first kappa shape index (κ1) is 14.2. The van der Waals surface area contributed by atoms with E-state index >= 15 is 0 Å². The molecule has 0 fully saturated rings. The highest BCUT2D eigenvalue weighted by molar-refractivity contribution is 5.38. The van der Waals surface area contributed by atoms with E-state index in [9.17, 15) is 0 Å². The van der Waals surface area contributed by atoms with Gasteiger partial charge in [0.15, 0.2) is 0 Å². The van der Waals surface area contributed by atoms with E-state index in [0.29, 0.717) is 12.1 Å². The summed E-state index contributed by atoms with van der Waals surface area (Å²) in [5.74, 6) is 0. The quantitative estimate of drug-likeness (QED) is 0.818. The van der Waals surface area contributed by atoms with Crippen LogP contribution in [0.3, 0.4) is 0 Å². The van der Waals surface area contributed by atoms with Crippen molar-refractivity contribution in [3.63, 3.8) is 0 Å². The van der Waals surface area contributed by atoms with Gasteiger partial charge in [-0.25, -0.2) is 0 Å². The lowest BCUT2D eigenvalue weighted by atomic mass is 9.95. The Balaban J connectivity index is 2.91. The minimum Gasteiger partial charge on any atom is -0.313 e. The molecule has 1 aromatic carbocycles. The van der Waals surface area contributed by atoms with E-state index in [1.807, 2.05) is 7.05 Å². The van der Waals surface area contributed by atoms with E-state index in [1.54, 1.807) is 0 Å². The maximum absolute atomic E-state index is 3.49. The largest absolute Gasteiger partial charge is 0.313 e. The van der Waals surface area contributed by atoms with Crippen molar-refractivity contribution < 1.29 is 0 Å². The van der Waals surface area contributed by atoms with Crippen molar-refractivity contribution in [1.82, 2.24) is 10.6 Å². The predicted molar refractivity (Wildman–Crippen MR) is 75.6 cm³/mol. The van der Waals surface area contributed by atoms with Crippen molar-refractivity contribution in [2.45, 2.75) is 46.7 Å². The molecule has 1 atom stereocenters. The fourth-order valence-corrected chi connectivity index (χ4v) is 2.08. The average molecular weight is 234 g/mol. The second-order valence-corrected chi connectivity index (χ2v) is 5.20. The van der Waals surface area contributed by atoms with Crippen molar-refractivity contribution in [3.8, 4) is 0 Å². The number of hydrogen-bond acceptors (Lipinski definition) is 2. The zero-order valence-corrected chi connectivity index (χ0v) is 12.0. The third-order valence-corrected chi connectivity index (χ3v) is 3.34. The number of nitrogens with one attached hydrogen (secondary N) is 2. The summed E-state index contributed by atoms with van der Waals surface area (Å²) in [7, 11) is 2.03. The summed E-state index contributed by atoms with van der Waals surface area (Å²) < 4.78 is 0. The molecule has 2 nitrogen and oxygen atoms in total. The van der Waals surface area contributed by atoms with E-state index in [0.717, 1.165) is 6.54 Å². The van der Waals surface area contributed by atoms with Crippen LogP contribution in [0.15, 0.2) is 12.1 Å². The smallest absolute Gasteiger partial charge is 0.0447 e. The molecule has 0 saturated heterocycles. The van der Waals surface area contributed by atoms with Gasteiger partial charge in [0.1, 0.15) is 0 Å². The number of aryl methyl sites for hydroxylation is 3. The zero-order chi connectivity index (χ0) is 13.0. The van der Waals surface area contributed by atoms with Crippen molar-refractivity contribution in [2.75, 3.05) is 13.6 Å². The second-order valence-electron chi connectivity index (χ2n) is 5.20. The van der Waals surface area contributed by atoms with Crippen molar-refractivity contribution in [1.29, 1.82) is 0 Å². The predicted octanol–water partition coefficient (Wildman–Crippen LogP) is 2.87. The van der Waals surface area contributed by atoms with Crippen LogP contribution in [0.1, 0.15) is 42.1 Å². The van der Waals surface area contributed by atoms with Crippen LogP contribution in [-0.2, 0) is 0 Å². The van der Waals surface area contributed by atoms with Crippen molar-refractivity contribution in [2.24, 2.45) is 0 Å². The van der Waals surface area contributed by atoms with E-state index in [-0.39, 0.29) is 0 Å². The van der Waals surface area contributed by atoms with Crippen LogP contribution < -0.4 is 10.6 Å². The average Bonchev–Trinajstić information content (AvgIpc) is 2.25. The first-order chi connectivity index (χ1) is 7.95. The van der Waals surface area contributed by atoms with Crippen LogP contribution in [0.5, 0.6) is 0 Å². The molecule has 0 aliphatic rings. The van der Waals surface area contributed by atoms with Gasteiger partial charge in [-0.2, -0.15) is 0 Å². The fraction of sp³-hybridized carbons (Fsp3) is 0.600. The van der Waals surface area contributed by atoms with Gasteiger partial charge in [0.25, 0.3) is 0 Å². The number of hydrogen-bond donors (Lipinski definition) is 2. The molecule has 0 amide bonds.